The first-order chi connectivity index (χ1) is 22.3. The van der Waals surface area contributed by atoms with E-state index >= 15 is 0 Å². The normalized spacial score (nSPS) is 13.1. The van der Waals surface area contributed by atoms with Gasteiger partial charge in [-0.25, -0.2) is 0 Å². The molecule has 0 spiro atoms. The second kappa shape index (κ2) is 10.3. The summed E-state index contributed by atoms with van der Waals surface area (Å²) in [5.41, 5.74) is 7.74. The van der Waals surface area contributed by atoms with Crippen LogP contribution in [-0.2, 0) is 0 Å². The Morgan fingerprint density at radius 2 is 0.622 bits per heavy atom. The highest BCUT2D eigenvalue weighted by Crippen LogP contribution is 2.36. The number of fused-ring (bicyclic) bond motifs is 5. The van der Waals surface area contributed by atoms with Crippen LogP contribution in [0.1, 0.15) is 0 Å². The Balaban J connectivity index is 1.32. The Labute approximate surface area is 264 Å². The fraction of sp³-hybridized carbons (Fsp3) is 0. The van der Waals surface area contributed by atoms with Crippen LogP contribution in [0.25, 0.3) is 54.9 Å². The van der Waals surface area contributed by atoms with Gasteiger partial charge in [0.05, 0.1) is 0 Å². The van der Waals surface area contributed by atoms with E-state index in [4.69, 9.17) is 0 Å². The number of rotatable bonds is 4. The van der Waals surface area contributed by atoms with Gasteiger partial charge in [-0.3, -0.25) is 0 Å². The first-order valence-electron chi connectivity index (χ1n) is 15.7. The molecule has 0 aliphatic carbocycles. The lowest BCUT2D eigenvalue weighted by atomic mass is 9.95. The standard InChI is InChI=1S/C44H30Si/c1-3-15-39(16-4-1)45(40-17-5-2-6-18-40)43-25-23-37(35-21-19-31-11-7-9-13-33(31)27-35)29-41(43)42-30-38(24-26-44(42)45)36-22-20-32-12-8-10-14-34(32)28-36/h1-30H. The van der Waals surface area contributed by atoms with Gasteiger partial charge in [-0.05, 0) is 99.9 Å². The van der Waals surface area contributed by atoms with Crippen molar-refractivity contribution in [2.75, 3.05) is 0 Å². The summed E-state index contributed by atoms with van der Waals surface area (Å²) in [7, 11) is -2.56. The van der Waals surface area contributed by atoms with Crippen molar-refractivity contribution in [3.05, 3.63) is 182 Å². The molecule has 0 fully saturated rings. The second-order valence-electron chi connectivity index (χ2n) is 12.1. The van der Waals surface area contributed by atoms with E-state index < -0.39 is 8.07 Å². The average Bonchev–Trinajstić information content (AvgIpc) is 3.42. The molecule has 0 bridgehead atoms. The van der Waals surface area contributed by atoms with E-state index in [1.54, 1.807) is 0 Å². The van der Waals surface area contributed by atoms with Gasteiger partial charge in [0.15, 0.2) is 8.07 Å². The van der Waals surface area contributed by atoms with Crippen LogP contribution in [0.5, 0.6) is 0 Å². The molecule has 1 heteroatoms. The highest BCUT2D eigenvalue weighted by molar-refractivity contribution is 7.22. The molecule has 0 nitrogen and oxygen atoms in total. The maximum Gasteiger partial charge on any atom is 0.180 e. The van der Waals surface area contributed by atoms with Gasteiger partial charge < -0.3 is 0 Å². The summed E-state index contributed by atoms with van der Waals surface area (Å²) in [4.78, 5) is 0. The Kier molecular flexibility index (Phi) is 5.94. The molecule has 8 aromatic carbocycles. The molecule has 45 heavy (non-hydrogen) atoms. The number of hydrogen-bond donors (Lipinski definition) is 0. The molecule has 1 aliphatic heterocycles. The highest BCUT2D eigenvalue weighted by Gasteiger charge is 2.48. The first kappa shape index (κ1) is 25.9. The third-order valence-electron chi connectivity index (χ3n) is 9.72. The maximum atomic E-state index is 2.46. The largest absolute Gasteiger partial charge is 0.180 e. The van der Waals surface area contributed by atoms with Crippen molar-refractivity contribution in [1.29, 1.82) is 0 Å². The number of hydrogen-bond acceptors (Lipinski definition) is 0. The fourth-order valence-electron chi connectivity index (χ4n) is 7.60. The molecule has 1 aliphatic rings. The minimum Gasteiger partial charge on any atom is -0.0623 e. The Morgan fingerprint density at radius 3 is 1.07 bits per heavy atom. The monoisotopic (exact) mass is 586 g/mol. The van der Waals surface area contributed by atoms with Crippen LogP contribution in [0.2, 0.25) is 0 Å². The summed E-state index contributed by atoms with van der Waals surface area (Å²) in [5, 5.41) is 10.9. The van der Waals surface area contributed by atoms with Gasteiger partial charge >= 0.3 is 0 Å². The van der Waals surface area contributed by atoms with Crippen LogP contribution in [0.15, 0.2) is 182 Å². The van der Waals surface area contributed by atoms with Crippen molar-refractivity contribution >= 4 is 50.4 Å². The van der Waals surface area contributed by atoms with Crippen LogP contribution in [-0.4, -0.2) is 8.07 Å². The summed E-state index contributed by atoms with van der Waals surface area (Å²) in [6.07, 6.45) is 0. The van der Waals surface area contributed by atoms with E-state index in [0.29, 0.717) is 0 Å². The first-order valence-corrected chi connectivity index (χ1v) is 17.7. The van der Waals surface area contributed by atoms with Gasteiger partial charge in [0.2, 0.25) is 0 Å². The smallest absolute Gasteiger partial charge is 0.0623 e. The lowest BCUT2D eigenvalue weighted by Gasteiger charge is -2.31. The molecule has 0 radical (unpaired) electrons. The third-order valence-corrected chi connectivity index (χ3v) is 14.6. The van der Waals surface area contributed by atoms with Gasteiger partial charge in [-0.15, -0.1) is 0 Å². The van der Waals surface area contributed by atoms with Crippen molar-refractivity contribution in [2.45, 2.75) is 0 Å². The van der Waals surface area contributed by atoms with Crippen molar-refractivity contribution < 1.29 is 0 Å². The minimum absolute atomic E-state index is 1.25. The van der Waals surface area contributed by atoms with Crippen molar-refractivity contribution in [3.8, 4) is 33.4 Å². The molecule has 0 atom stereocenters. The summed E-state index contributed by atoms with van der Waals surface area (Å²) in [6.45, 7) is 0. The summed E-state index contributed by atoms with van der Waals surface area (Å²) in [5.74, 6) is 0. The van der Waals surface area contributed by atoms with Crippen LogP contribution < -0.4 is 20.7 Å². The molecule has 8 aromatic rings. The lowest BCUT2D eigenvalue weighted by Crippen LogP contribution is -2.72. The minimum atomic E-state index is -2.56. The van der Waals surface area contributed by atoms with E-state index in [-0.39, 0.29) is 0 Å². The topological polar surface area (TPSA) is 0 Å². The van der Waals surface area contributed by atoms with Gasteiger partial charge in [-0.2, -0.15) is 0 Å². The zero-order valence-corrected chi connectivity index (χ0v) is 25.8. The summed E-state index contributed by atoms with van der Waals surface area (Å²) in [6, 6.07) is 68.0. The van der Waals surface area contributed by atoms with Gasteiger partial charge in [-0.1, -0.05) is 158 Å². The molecule has 210 valence electrons. The SMILES string of the molecule is c1ccc([Si]2(c3ccccc3)c3ccc(-c4ccc5ccccc5c4)cc3-c3cc(-c4ccc5ccccc5c4)ccc32)cc1. The fourth-order valence-corrected chi connectivity index (χ4v) is 12.7. The zero-order valence-electron chi connectivity index (χ0n) is 24.8. The summed E-state index contributed by atoms with van der Waals surface area (Å²) < 4.78 is 0. The van der Waals surface area contributed by atoms with Crippen LogP contribution >= 0.6 is 0 Å². The van der Waals surface area contributed by atoms with Gasteiger partial charge in [0.1, 0.15) is 0 Å². The van der Waals surface area contributed by atoms with Crippen molar-refractivity contribution in [1.82, 2.24) is 0 Å². The molecule has 0 unspecified atom stereocenters. The quantitative estimate of drug-likeness (QED) is 0.181. The maximum absolute atomic E-state index is 2.56. The Morgan fingerprint density at radius 1 is 0.267 bits per heavy atom. The highest BCUT2D eigenvalue weighted by atomic mass is 28.3. The molecular formula is C44H30Si. The van der Waals surface area contributed by atoms with E-state index in [1.165, 1.54) is 75.7 Å². The lowest BCUT2D eigenvalue weighted by molar-refractivity contribution is 1.64. The van der Waals surface area contributed by atoms with Gasteiger partial charge in [0, 0.05) is 0 Å². The molecule has 9 rings (SSSR count). The van der Waals surface area contributed by atoms with E-state index in [1.807, 2.05) is 0 Å². The van der Waals surface area contributed by atoms with E-state index in [0.717, 1.165) is 0 Å². The Bertz CT molecular complexity index is 2200. The molecule has 1 heterocycles. The van der Waals surface area contributed by atoms with Crippen LogP contribution in [0.3, 0.4) is 0 Å². The molecule has 0 saturated carbocycles. The average molecular weight is 587 g/mol. The van der Waals surface area contributed by atoms with E-state index in [2.05, 4.69) is 182 Å². The number of benzene rings is 8. The van der Waals surface area contributed by atoms with Crippen molar-refractivity contribution in [3.63, 3.8) is 0 Å². The third kappa shape index (κ3) is 4.05. The second-order valence-corrected chi connectivity index (χ2v) is 15.9. The van der Waals surface area contributed by atoms with Crippen LogP contribution in [0.4, 0.5) is 0 Å². The molecule has 0 saturated heterocycles. The van der Waals surface area contributed by atoms with Gasteiger partial charge in [0.25, 0.3) is 0 Å². The summed E-state index contributed by atoms with van der Waals surface area (Å²) >= 11 is 0. The van der Waals surface area contributed by atoms with Crippen molar-refractivity contribution in [2.24, 2.45) is 0 Å². The predicted molar refractivity (Wildman–Crippen MR) is 195 cm³/mol. The van der Waals surface area contributed by atoms with E-state index in [9.17, 15) is 0 Å². The molecule has 0 N–H and O–H groups in total. The molecule has 0 amide bonds. The zero-order chi connectivity index (χ0) is 29.8. The van der Waals surface area contributed by atoms with Crippen LogP contribution in [0, 0.1) is 0 Å². The predicted octanol–water partition coefficient (Wildman–Crippen LogP) is 8.68. The molecular weight excluding hydrogens is 557 g/mol. The molecule has 0 aromatic heterocycles. The Hall–Kier alpha value is -5.50.